The Morgan fingerprint density at radius 2 is 2.00 bits per heavy atom. The lowest BCUT2D eigenvalue weighted by Gasteiger charge is -2.36. The molecule has 0 spiro atoms. The van der Waals surface area contributed by atoms with E-state index in [1.165, 1.54) is 0 Å². The molecule has 2 aliphatic rings. The van der Waals surface area contributed by atoms with Gasteiger partial charge in [0.2, 0.25) is 11.8 Å². The molecule has 0 aromatic heterocycles. The van der Waals surface area contributed by atoms with Crippen LogP contribution in [-0.2, 0) is 9.59 Å². The largest absolute Gasteiger partial charge is 0.354 e. The SMILES string of the molecule is CCNC(=O)NC(=O)C(C)N1CCCC(CNC(=O)C2CCCN2)C1. The highest BCUT2D eigenvalue weighted by Crippen LogP contribution is 2.18. The van der Waals surface area contributed by atoms with Crippen molar-refractivity contribution in [2.45, 2.75) is 51.6 Å². The van der Waals surface area contributed by atoms with Crippen molar-refractivity contribution in [3.63, 3.8) is 0 Å². The highest BCUT2D eigenvalue weighted by molar-refractivity contribution is 5.96. The first-order valence-corrected chi connectivity index (χ1v) is 9.35. The Hall–Kier alpha value is -1.67. The van der Waals surface area contributed by atoms with Gasteiger partial charge in [-0.2, -0.15) is 0 Å². The maximum atomic E-state index is 12.2. The molecule has 3 atom stereocenters. The summed E-state index contributed by atoms with van der Waals surface area (Å²) in [5, 5.41) is 11.2. The number of piperidine rings is 1. The van der Waals surface area contributed by atoms with Crippen molar-refractivity contribution in [1.82, 2.24) is 26.2 Å². The minimum atomic E-state index is -0.454. The van der Waals surface area contributed by atoms with Crippen molar-refractivity contribution in [3.05, 3.63) is 0 Å². The molecular formula is C17H31N5O3. The van der Waals surface area contributed by atoms with E-state index in [4.69, 9.17) is 0 Å². The van der Waals surface area contributed by atoms with Crippen LogP contribution in [0.3, 0.4) is 0 Å². The normalized spacial score (nSPS) is 25.2. The summed E-state index contributed by atoms with van der Waals surface area (Å²) in [4.78, 5) is 37.9. The van der Waals surface area contributed by atoms with Crippen molar-refractivity contribution >= 4 is 17.8 Å². The molecule has 142 valence electrons. The molecule has 2 rings (SSSR count). The van der Waals surface area contributed by atoms with Crippen molar-refractivity contribution in [1.29, 1.82) is 0 Å². The second-order valence-corrected chi connectivity index (χ2v) is 6.92. The van der Waals surface area contributed by atoms with E-state index >= 15 is 0 Å². The lowest BCUT2D eigenvalue weighted by atomic mass is 9.96. The summed E-state index contributed by atoms with van der Waals surface area (Å²) >= 11 is 0. The standard InChI is InChI=1S/C17H31N5O3/c1-3-18-17(25)21-15(23)12(2)22-9-5-6-13(11-22)10-20-16(24)14-7-4-8-19-14/h12-14,19H,3-11H2,1-2H3,(H,20,24)(H2,18,21,23,25). The van der Waals surface area contributed by atoms with Crippen LogP contribution in [0.2, 0.25) is 0 Å². The van der Waals surface area contributed by atoms with E-state index in [1.807, 2.05) is 6.92 Å². The van der Waals surface area contributed by atoms with Gasteiger partial charge in [-0.1, -0.05) is 0 Å². The van der Waals surface area contributed by atoms with Gasteiger partial charge < -0.3 is 16.0 Å². The predicted molar refractivity (Wildman–Crippen MR) is 95.0 cm³/mol. The van der Waals surface area contributed by atoms with Crippen molar-refractivity contribution in [3.8, 4) is 0 Å². The van der Waals surface area contributed by atoms with Gasteiger partial charge >= 0.3 is 6.03 Å². The smallest absolute Gasteiger partial charge is 0.321 e. The van der Waals surface area contributed by atoms with E-state index in [1.54, 1.807) is 6.92 Å². The Labute approximate surface area is 149 Å². The molecular weight excluding hydrogens is 322 g/mol. The first-order chi connectivity index (χ1) is 12.0. The number of nitrogens with one attached hydrogen (secondary N) is 4. The molecule has 8 heteroatoms. The first kappa shape index (κ1) is 19.7. The monoisotopic (exact) mass is 353 g/mol. The van der Waals surface area contributed by atoms with E-state index in [2.05, 4.69) is 26.2 Å². The number of carbonyl (C=O) groups excluding carboxylic acids is 3. The maximum Gasteiger partial charge on any atom is 0.321 e. The van der Waals surface area contributed by atoms with Gasteiger partial charge in [-0.3, -0.25) is 19.8 Å². The molecule has 0 bridgehead atoms. The summed E-state index contributed by atoms with van der Waals surface area (Å²) in [5.41, 5.74) is 0. The van der Waals surface area contributed by atoms with E-state index in [-0.39, 0.29) is 23.9 Å². The molecule has 0 radical (unpaired) electrons. The van der Waals surface area contributed by atoms with Crippen LogP contribution in [0, 0.1) is 5.92 Å². The van der Waals surface area contributed by atoms with Gasteiger partial charge in [0.15, 0.2) is 0 Å². The Bertz CT molecular complexity index is 479. The number of hydrogen-bond donors (Lipinski definition) is 4. The molecule has 2 heterocycles. The summed E-state index contributed by atoms with van der Waals surface area (Å²) in [5.74, 6) is 0.126. The quantitative estimate of drug-likeness (QED) is 0.530. The molecule has 8 nitrogen and oxygen atoms in total. The predicted octanol–water partition coefficient (Wildman–Crippen LogP) is -0.199. The van der Waals surface area contributed by atoms with Crippen LogP contribution in [0.4, 0.5) is 4.79 Å². The van der Waals surface area contributed by atoms with Gasteiger partial charge in [0.25, 0.3) is 0 Å². The van der Waals surface area contributed by atoms with E-state index in [0.29, 0.717) is 19.0 Å². The summed E-state index contributed by atoms with van der Waals surface area (Å²) in [6.45, 7) is 7.23. The third-order valence-corrected chi connectivity index (χ3v) is 4.99. The number of hydrogen-bond acceptors (Lipinski definition) is 5. The molecule has 2 aliphatic heterocycles. The fraction of sp³-hybridized carbons (Fsp3) is 0.824. The number of carbonyl (C=O) groups is 3. The van der Waals surface area contributed by atoms with Crippen LogP contribution in [0.1, 0.15) is 39.5 Å². The third kappa shape index (κ3) is 5.97. The summed E-state index contributed by atoms with van der Waals surface area (Å²) in [6, 6.07) is -0.872. The molecule has 2 saturated heterocycles. The zero-order chi connectivity index (χ0) is 18.2. The van der Waals surface area contributed by atoms with Crippen LogP contribution in [-0.4, -0.2) is 67.6 Å². The average molecular weight is 353 g/mol. The van der Waals surface area contributed by atoms with Crippen LogP contribution >= 0.6 is 0 Å². The van der Waals surface area contributed by atoms with E-state index < -0.39 is 6.03 Å². The van der Waals surface area contributed by atoms with Gasteiger partial charge in [0.1, 0.15) is 0 Å². The van der Waals surface area contributed by atoms with Gasteiger partial charge in [0, 0.05) is 19.6 Å². The molecule has 0 aromatic carbocycles. The van der Waals surface area contributed by atoms with Crippen molar-refractivity contribution in [2.24, 2.45) is 5.92 Å². The Kier molecular flexibility index (Phi) is 7.64. The average Bonchev–Trinajstić information content (AvgIpc) is 3.14. The van der Waals surface area contributed by atoms with E-state index in [0.717, 1.165) is 45.3 Å². The Morgan fingerprint density at radius 3 is 2.68 bits per heavy atom. The highest BCUT2D eigenvalue weighted by Gasteiger charge is 2.29. The summed E-state index contributed by atoms with van der Waals surface area (Å²) in [7, 11) is 0. The number of amides is 4. The molecule has 0 aliphatic carbocycles. The number of likely N-dealkylation sites (tertiary alicyclic amines) is 1. The molecule has 2 fully saturated rings. The minimum absolute atomic E-state index is 0.0542. The van der Waals surface area contributed by atoms with Crippen molar-refractivity contribution in [2.75, 3.05) is 32.7 Å². The fourth-order valence-electron chi connectivity index (χ4n) is 3.48. The van der Waals surface area contributed by atoms with Crippen LogP contribution in [0.25, 0.3) is 0 Å². The highest BCUT2D eigenvalue weighted by atomic mass is 16.2. The van der Waals surface area contributed by atoms with Gasteiger partial charge in [-0.15, -0.1) is 0 Å². The van der Waals surface area contributed by atoms with E-state index in [9.17, 15) is 14.4 Å². The molecule has 0 saturated carbocycles. The lowest BCUT2D eigenvalue weighted by molar-refractivity contribution is -0.126. The zero-order valence-electron chi connectivity index (χ0n) is 15.3. The van der Waals surface area contributed by atoms with Crippen molar-refractivity contribution < 1.29 is 14.4 Å². The number of imide groups is 1. The van der Waals surface area contributed by atoms with Gasteiger partial charge in [-0.25, -0.2) is 4.79 Å². The lowest BCUT2D eigenvalue weighted by Crippen LogP contribution is -2.53. The third-order valence-electron chi connectivity index (χ3n) is 4.99. The molecule has 4 N–H and O–H groups in total. The first-order valence-electron chi connectivity index (χ1n) is 9.35. The Morgan fingerprint density at radius 1 is 1.20 bits per heavy atom. The number of nitrogens with zero attached hydrogens (tertiary/aromatic N) is 1. The molecule has 0 aromatic rings. The fourth-order valence-corrected chi connectivity index (χ4v) is 3.48. The zero-order valence-corrected chi connectivity index (χ0v) is 15.3. The summed E-state index contributed by atoms with van der Waals surface area (Å²) in [6.07, 6.45) is 3.98. The van der Waals surface area contributed by atoms with Crippen LogP contribution in [0.5, 0.6) is 0 Å². The topological polar surface area (TPSA) is 103 Å². The molecule has 25 heavy (non-hydrogen) atoms. The number of rotatable bonds is 6. The van der Waals surface area contributed by atoms with Gasteiger partial charge in [-0.05, 0) is 58.5 Å². The summed E-state index contributed by atoms with van der Waals surface area (Å²) < 4.78 is 0. The van der Waals surface area contributed by atoms with Crippen LogP contribution < -0.4 is 21.3 Å². The number of urea groups is 1. The van der Waals surface area contributed by atoms with Crippen LogP contribution in [0.15, 0.2) is 0 Å². The second-order valence-electron chi connectivity index (χ2n) is 6.92. The Balaban J connectivity index is 1.76. The minimum Gasteiger partial charge on any atom is -0.354 e. The molecule has 3 unspecified atom stereocenters. The maximum absolute atomic E-state index is 12.2. The molecule has 4 amide bonds. The second kappa shape index (κ2) is 9.72. The van der Waals surface area contributed by atoms with Gasteiger partial charge in [0.05, 0.1) is 12.1 Å².